The number of pyridine rings is 2. The lowest BCUT2D eigenvalue weighted by Gasteiger charge is -2.17. The van der Waals surface area contributed by atoms with Crippen molar-refractivity contribution in [3.8, 4) is 5.75 Å². The first-order valence-corrected chi connectivity index (χ1v) is 11.8. The Kier molecular flexibility index (Phi) is 5.27. The number of rotatable bonds is 6. The van der Waals surface area contributed by atoms with Crippen LogP contribution in [-0.2, 0) is 4.79 Å². The van der Waals surface area contributed by atoms with Gasteiger partial charge in [-0.15, -0.1) is 0 Å². The van der Waals surface area contributed by atoms with E-state index in [9.17, 15) is 14.7 Å². The summed E-state index contributed by atoms with van der Waals surface area (Å²) < 4.78 is 7.65. The molecule has 7 nitrogen and oxygen atoms in total. The maximum Gasteiger partial charge on any atom is 0.263 e. The Hall–Kier alpha value is -4.49. The first-order chi connectivity index (χ1) is 17.5. The number of hydrogen-bond donors (Lipinski definition) is 2. The molecule has 3 aromatic carbocycles. The van der Waals surface area contributed by atoms with Crippen molar-refractivity contribution in [1.29, 1.82) is 0 Å². The van der Waals surface area contributed by atoms with Crippen LogP contribution in [0.15, 0.2) is 89.9 Å². The van der Waals surface area contributed by atoms with E-state index in [0.717, 1.165) is 38.3 Å². The molecule has 36 heavy (non-hydrogen) atoms. The highest BCUT2D eigenvalue weighted by Gasteiger charge is 2.20. The Labute approximate surface area is 205 Å². The number of aliphatic hydroxyl groups excluding tert-OH is 1. The zero-order valence-electron chi connectivity index (χ0n) is 19.5. The highest BCUT2D eigenvalue weighted by molar-refractivity contribution is 6.18. The predicted octanol–water partition coefficient (Wildman–Crippen LogP) is 4.21. The van der Waals surface area contributed by atoms with Crippen LogP contribution in [0.2, 0.25) is 0 Å². The number of carbonyl (C=O) groups is 1. The van der Waals surface area contributed by atoms with Crippen LogP contribution in [0.3, 0.4) is 0 Å². The molecule has 0 spiro atoms. The second-order valence-electron chi connectivity index (χ2n) is 8.85. The van der Waals surface area contributed by atoms with Crippen molar-refractivity contribution in [2.75, 3.05) is 6.54 Å². The van der Waals surface area contributed by atoms with E-state index >= 15 is 0 Å². The third-order valence-corrected chi connectivity index (χ3v) is 6.60. The van der Waals surface area contributed by atoms with Crippen molar-refractivity contribution in [3.05, 3.63) is 101 Å². The van der Waals surface area contributed by atoms with E-state index in [1.807, 2.05) is 72.8 Å². The number of hydrogen-bond acceptors (Lipinski definition) is 5. The van der Waals surface area contributed by atoms with Crippen LogP contribution in [0.4, 0.5) is 0 Å². The Balaban J connectivity index is 1.31. The van der Waals surface area contributed by atoms with Gasteiger partial charge in [-0.3, -0.25) is 19.0 Å². The van der Waals surface area contributed by atoms with Gasteiger partial charge in [0.2, 0.25) is 0 Å². The van der Waals surface area contributed by atoms with Crippen molar-refractivity contribution in [3.63, 3.8) is 0 Å². The summed E-state index contributed by atoms with van der Waals surface area (Å²) in [7, 11) is 0. The second-order valence-corrected chi connectivity index (χ2v) is 8.85. The SMILES string of the molecule is CC(Oc1ccc2c(c1)c1ccnc3c4ccccc4c(=O)n2c13)C(=O)NCC(O)c1ccccc1. The van der Waals surface area contributed by atoms with E-state index in [4.69, 9.17) is 4.74 Å². The van der Waals surface area contributed by atoms with Crippen molar-refractivity contribution in [2.24, 2.45) is 0 Å². The summed E-state index contributed by atoms with van der Waals surface area (Å²) in [6.07, 6.45) is 0.164. The van der Waals surface area contributed by atoms with Crippen molar-refractivity contribution in [2.45, 2.75) is 19.1 Å². The summed E-state index contributed by atoms with van der Waals surface area (Å²) in [5.74, 6) is 0.179. The number of amides is 1. The Morgan fingerprint density at radius 1 is 0.972 bits per heavy atom. The third-order valence-electron chi connectivity index (χ3n) is 6.60. The van der Waals surface area contributed by atoms with Gasteiger partial charge in [0.1, 0.15) is 5.75 Å². The molecule has 0 radical (unpaired) electrons. The molecule has 0 fully saturated rings. The summed E-state index contributed by atoms with van der Waals surface area (Å²) in [5.41, 5.74) is 2.94. The minimum absolute atomic E-state index is 0.0848. The maximum atomic E-state index is 13.4. The average Bonchev–Trinajstić information content (AvgIpc) is 3.25. The lowest BCUT2D eigenvalue weighted by Crippen LogP contribution is -2.38. The van der Waals surface area contributed by atoms with Gasteiger partial charge in [-0.05, 0) is 42.8 Å². The first kappa shape index (κ1) is 22.0. The Bertz CT molecular complexity index is 1800. The van der Waals surface area contributed by atoms with Gasteiger partial charge in [0, 0.05) is 34.3 Å². The van der Waals surface area contributed by atoms with E-state index in [2.05, 4.69) is 10.3 Å². The van der Waals surface area contributed by atoms with E-state index in [-0.39, 0.29) is 18.0 Å². The molecule has 6 rings (SSSR count). The lowest BCUT2D eigenvalue weighted by atomic mass is 10.1. The molecule has 3 aromatic heterocycles. The number of aliphatic hydroxyl groups is 1. The van der Waals surface area contributed by atoms with Crippen LogP contribution in [0.25, 0.3) is 38.1 Å². The molecule has 3 heterocycles. The minimum Gasteiger partial charge on any atom is -0.481 e. The lowest BCUT2D eigenvalue weighted by molar-refractivity contribution is -0.127. The van der Waals surface area contributed by atoms with Gasteiger partial charge in [-0.25, -0.2) is 0 Å². The molecule has 2 N–H and O–H groups in total. The number of aromatic nitrogens is 2. The smallest absolute Gasteiger partial charge is 0.263 e. The molecule has 0 aliphatic heterocycles. The fourth-order valence-corrected chi connectivity index (χ4v) is 4.81. The molecular weight excluding hydrogens is 454 g/mol. The second kappa shape index (κ2) is 8.62. The minimum atomic E-state index is -0.802. The Morgan fingerprint density at radius 2 is 1.72 bits per heavy atom. The first-order valence-electron chi connectivity index (χ1n) is 11.8. The highest BCUT2D eigenvalue weighted by Crippen LogP contribution is 2.34. The number of ether oxygens (including phenoxy) is 1. The van der Waals surface area contributed by atoms with E-state index < -0.39 is 12.2 Å². The molecule has 0 saturated heterocycles. The molecular formula is C29H23N3O4. The zero-order chi connectivity index (χ0) is 24.8. The number of nitrogens with one attached hydrogen (secondary N) is 1. The summed E-state index contributed by atoms with van der Waals surface area (Å²) in [6, 6.07) is 24.0. The summed E-state index contributed by atoms with van der Waals surface area (Å²) in [5, 5.41) is 16.2. The van der Waals surface area contributed by atoms with Crippen LogP contribution in [0.1, 0.15) is 18.6 Å². The molecule has 6 aromatic rings. The van der Waals surface area contributed by atoms with E-state index in [1.54, 1.807) is 23.6 Å². The molecule has 1 amide bonds. The van der Waals surface area contributed by atoms with Gasteiger partial charge in [0.25, 0.3) is 11.5 Å². The van der Waals surface area contributed by atoms with Crippen LogP contribution in [0, 0.1) is 0 Å². The van der Waals surface area contributed by atoms with Gasteiger partial charge in [0.05, 0.1) is 22.7 Å². The standard InChI is InChI=1S/C29H23N3O4/c1-17(28(34)31-16-25(33)18-7-3-2-4-8-18)36-19-11-12-24-23(15-19)21-13-14-30-26-20-9-5-6-10-22(20)29(35)32(24)27(21)26/h2-15,17,25,33H,16H2,1H3,(H,31,34). The molecule has 0 bridgehead atoms. The molecule has 2 atom stereocenters. The van der Waals surface area contributed by atoms with Crippen LogP contribution in [0.5, 0.6) is 5.75 Å². The summed E-state index contributed by atoms with van der Waals surface area (Å²) in [6.45, 7) is 1.75. The van der Waals surface area contributed by atoms with Crippen molar-refractivity contribution in [1.82, 2.24) is 14.7 Å². The van der Waals surface area contributed by atoms with Crippen molar-refractivity contribution >= 4 is 44.0 Å². The quantitative estimate of drug-likeness (QED) is 0.351. The highest BCUT2D eigenvalue weighted by atomic mass is 16.5. The zero-order valence-corrected chi connectivity index (χ0v) is 19.5. The largest absolute Gasteiger partial charge is 0.481 e. The molecule has 0 saturated carbocycles. The maximum absolute atomic E-state index is 13.4. The average molecular weight is 478 g/mol. The molecule has 178 valence electrons. The van der Waals surface area contributed by atoms with Gasteiger partial charge in [-0.2, -0.15) is 0 Å². The van der Waals surface area contributed by atoms with E-state index in [0.29, 0.717) is 11.1 Å². The molecule has 0 aliphatic carbocycles. The normalized spacial score (nSPS) is 13.4. The number of nitrogens with zero attached hydrogens (tertiary/aromatic N) is 2. The van der Waals surface area contributed by atoms with Crippen LogP contribution < -0.4 is 15.6 Å². The topological polar surface area (TPSA) is 92.9 Å². The molecule has 2 unspecified atom stereocenters. The summed E-state index contributed by atoms with van der Waals surface area (Å²) in [4.78, 5) is 30.6. The Morgan fingerprint density at radius 3 is 2.53 bits per heavy atom. The fraction of sp³-hybridized carbons (Fsp3) is 0.138. The molecule has 0 aliphatic rings. The third kappa shape index (κ3) is 3.52. The van der Waals surface area contributed by atoms with Crippen LogP contribution >= 0.6 is 0 Å². The number of benzene rings is 3. The summed E-state index contributed by atoms with van der Waals surface area (Å²) >= 11 is 0. The van der Waals surface area contributed by atoms with E-state index in [1.165, 1.54) is 0 Å². The fourth-order valence-electron chi connectivity index (χ4n) is 4.81. The van der Waals surface area contributed by atoms with Gasteiger partial charge < -0.3 is 15.2 Å². The predicted molar refractivity (Wildman–Crippen MR) is 140 cm³/mol. The molecule has 7 heteroatoms. The van der Waals surface area contributed by atoms with Gasteiger partial charge in [-0.1, -0.05) is 48.5 Å². The monoisotopic (exact) mass is 477 g/mol. The van der Waals surface area contributed by atoms with Crippen molar-refractivity contribution < 1.29 is 14.6 Å². The van der Waals surface area contributed by atoms with Gasteiger partial charge in [0.15, 0.2) is 6.10 Å². The number of carbonyl (C=O) groups excluding carboxylic acids is 1. The van der Waals surface area contributed by atoms with Crippen LogP contribution in [-0.4, -0.2) is 33.0 Å². The number of fused-ring (bicyclic) bond motifs is 5. The van der Waals surface area contributed by atoms with Gasteiger partial charge >= 0.3 is 0 Å².